The monoisotopic (exact) mass is 286 g/mol. The third-order valence-electron chi connectivity index (χ3n) is 3.57. The maximum absolute atomic E-state index is 11.6. The smallest absolute Gasteiger partial charge is 0.266 e. The van der Waals surface area contributed by atoms with Gasteiger partial charge in [0.2, 0.25) is 5.89 Å². The van der Waals surface area contributed by atoms with Gasteiger partial charge in [-0.05, 0) is 18.0 Å². The molecule has 0 amide bonds. The largest absolute Gasteiger partial charge is 0.338 e. The number of anilines is 1. The zero-order valence-electron chi connectivity index (χ0n) is 10.7. The minimum absolute atomic E-state index is 0.120. The minimum Gasteiger partial charge on any atom is -0.338 e. The predicted octanol–water partition coefficient (Wildman–Crippen LogP) is -0.401. The number of hydrogen-bond donors (Lipinski definition) is 1. The molecule has 2 fully saturated rings. The Balaban J connectivity index is 1.63. The van der Waals surface area contributed by atoms with E-state index in [-0.39, 0.29) is 17.5 Å². The molecule has 19 heavy (non-hydrogen) atoms. The van der Waals surface area contributed by atoms with Gasteiger partial charge in [0.1, 0.15) is 0 Å². The van der Waals surface area contributed by atoms with E-state index in [1.165, 1.54) is 0 Å². The molecule has 2 aliphatic heterocycles. The Morgan fingerprint density at radius 3 is 2.89 bits per heavy atom. The van der Waals surface area contributed by atoms with Gasteiger partial charge < -0.3 is 14.7 Å². The summed E-state index contributed by atoms with van der Waals surface area (Å²) in [5.74, 6) is 1.50. The lowest BCUT2D eigenvalue weighted by molar-refractivity contribution is 0.360. The molecule has 8 heteroatoms. The van der Waals surface area contributed by atoms with Crippen molar-refractivity contribution in [2.24, 2.45) is 0 Å². The van der Waals surface area contributed by atoms with Crippen molar-refractivity contribution in [1.82, 2.24) is 15.5 Å². The number of nitrogens with one attached hydrogen (secondary N) is 1. The van der Waals surface area contributed by atoms with Gasteiger partial charge in [0, 0.05) is 32.1 Å². The quantitative estimate of drug-likeness (QED) is 0.808. The summed E-state index contributed by atoms with van der Waals surface area (Å²) in [6, 6.07) is -0.120. The zero-order valence-corrected chi connectivity index (χ0v) is 11.5. The van der Waals surface area contributed by atoms with Crippen LogP contribution in [0.25, 0.3) is 0 Å². The fraction of sp³-hybridized carbons (Fsp3) is 0.818. The highest BCUT2D eigenvalue weighted by Gasteiger charge is 2.26. The zero-order chi connectivity index (χ0) is 13.3. The van der Waals surface area contributed by atoms with E-state index in [2.05, 4.69) is 20.4 Å². The van der Waals surface area contributed by atoms with Crippen molar-refractivity contribution in [3.63, 3.8) is 0 Å². The van der Waals surface area contributed by atoms with Gasteiger partial charge in [-0.15, -0.1) is 0 Å². The Morgan fingerprint density at radius 1 is 1.37 bits per heavy atom. The summed E-state index contributed by atoms with van der Waals surface area (Å²) in [5.41, 5.74) is 0. The van der Waals surface area contributed by atoms with Gasteiger partial charge in [0.05, 0.1) is 11.5 Å². The lowest BCUT2D eigenvalue weighted by atomic mass is 10.2. The van der Waals surface area contributed by atoms with Crippen molar-refractivity contribution in [1.29, 1.82) is 0 Å². The molecule has 0 radical (unpaired) electrons. The van der Waals surface area contributed by atoms with Crippen molar-refractivity contribution in [2.75, 3.05) is 36.0 Å². The molecule has 0 spiro atoms. The van der Waals surface area contributed by atoms with Crippen LogP contribution in [0.5, 0.6) is 0 Å². The van der Waals surface area contributed by atoms with E-state index < -0.39 is 9.84 Å². The molecule has 3 rings (SSSR count). The molecule has 1 unspecified atom stereocenters. The molecule has 1 aromatic rings. The summed E-state index contributed by atoms with van der Waals surface area (Å²) >= 11 is 0. The molecule has 0 saturated carbocycles. The van der Waals surface area contributed by atoms with E-state index in [1.54, 1.807) is 0 Å². The second-order valence-electron chi connectivity index (χ2n) is 5.15. The molecule has 1 N–H and O–H groups in total. The maximum Gasteiger partial charge on any atom is 0.266 e. The normalized spacial score (nSPS) is 26.7. The number of rotatable bonds is 3. The van der Waals surface area contributed by atoms with Crippen molar-refractivity contribution in [3.8, 4) is 0 Å². The Labute approximate surface area is 112 Å². The molecule has 106 valence electrons. The Kier molecular flexibility index (Phi) is 3.44. The molecule has 0 aliphatic carbocycles. The summed E-state index contributed by atoms with van der Waals surface area (Å²) in [6.07, 6.45) is 2.79. The lowest BCUT2D eigenvalue weighted by Crippen LogP contribution is -2.46. The Morgan fingerprint density at radius 2 is 2.16 bits per heavy atom. The number of hydrogen-bond acceptors (Lipinski definition) is 7. The van der Waals surface area contributed by atoms with Crippen LogP contribution in [0.1, 0.15) is 18.7 Å². The molecule has 3 heterocycles. The van der Waals surface area contributed by atoms with Crippen LogP contribution < -0.4 is 10.2 Å². The average molecular weight is 286 g/mol. The third-order valence-corrected chi connectivity index (χ3v) is 5.30. The summed E-state index contributed by atoms with van der Waals surface area (Å²) in [5, 5.41) is 7.14. The molecule has 0 aromatic carbocycles. The second kappa shape index (κ2) is 5.09. The maximum atomic E-state index is 11.6. The van der Waals surface area contributed by atoms with Crippen LogP contribution in [-0.2, 0) is 16.3 Å². The van der Waals surface area contributed by atoms with E-state index in [4.69, 9.17) is 4.52 Å². The van der Waals surface area contributed by atoms with Crippen molar-refractivity contribution in [3.05, 3.63) is 5.89 Å². The first-order chi connectivity index (χ1) is 9.12. The molecular weight excluding hydrogens is 268 g/mol. The molecular formula is C11H18N4O3S. The van der Waals surface area contributed by atoms with Gasteiger partial charge in [-0.3, -0.25) is 0 Å². The topological polar surface area (TPSA) is 88.3 Å². The highest BCUT2D eigenvalue weighted by molar-refractivity contribution is 7.91. The van der Waals surface area contributed by atoms with Gasteiger partial charge >= 0.3 is 0 Å². The molecule has 0 bridgehead atoms. The summed E-state index contributed by atoms with van der Waals surface area (Å²) in [4.78, 5) is 6.44. The summed E-state index contributed by atoms with van der Waals surface area (Å²) in [6.45, 7) is 2.43. The first-order valence-corrected chi connectivity index (χ1v) is 8.46. The molecule has 1 atom stereocenters. The van der Waals surface area contributed by atoms with E-state index in [1.807, 2.05) is 0 Å². The van der Waals surface area contributed by atoms with Gasteiger partial charge in [-0.25, -0.2) is 8.42 Å². The van der Waals surface area contributed by atoms with Crippen LogP contribution in [-0.4, -0.2) is 55.7 Å². The Hall–Kier alpha value is -1.15. The highest BCUT2D eigenvalue weighted by atomic mass is 32.2. The van der Waals surface area contributed by atoms with Gasteiger partial charge in [0.25, 0.3) is 5.95 Å². The average Bonchev–Trinajstić information content (AvgIpc) is 2.96. The second-order valence-corrected chi connectivity index (χ2v) is 7.38. The third kappa shape index (κ3) is 3.06. The van der Waals surface area contributed by atoms with E-state index in [0.29, 0.717) is 24.8 Å². The van der Waals surface area contributed by atoms with Crippen LogP contribution in [0.4, 0.5) is 5.95 Å². The molecule has 7 nitrogen and oxygen atoms in total. The Bertz CT molecular complexity index is 536. The van der Waals surface area contributed by atoms with Crippen molar-refractivity contribution in [2.45, 2.75) is 25.3 Å². The van der Waals surface area contributed by atoms with Crippen molar-refractivity contribution >= 4 is 15.8 Å². The van der Waals surface area contributed by atoms with Crippen LogP contribution >= 0.6 is 0 Å². The van der Waals surface area contributed by atoms with Gasteiger partial charge in [0.15, 0.2) is 9.84 Å². The number of aromatic nitrogens is 2. The van der Waals surface area contributed by atoms with Crippen molar-refractivity contribution < 1.29 is 12.9 Å². The minimum atomic E-state index is -2.92. The first kappa shape index (κ1) is 12.9. The molecule has 2 aliphatic rings. The summed E-state index contributed by atoms with van der Waals surface area (Å²) < 4.78 is 28.3. The standard InChI is InChI=1S/C11H18N4O3S/c16-19(17)6-3-12-9(8-19)7-10-13-11(14-18-10)15-4-1-2-5-15/h9,12H,1-8H2. The van der Waals surface area contributed by atoms with E-state index in [9.17, 15) is 8.42 Å². The highest BCUT2D eigenvalue weighted by Crippen LogP contribution is 2.17. The van der Waals surface area contributed by atoms with Crippen LogP contribution in [0.15, 0.2) is 4.52 Å². The van der Waals surface area contributed by atoms with Crippen LogP contribution in [0.2, 0.25) is 0 Å². The fourth-order valence-corrected chi connectivity index (χ4v) is 4.03. The number of nitrogens with zero attached hydrogens (tertiary/aromatic N) is 3. The summed E-state index contributed by atoms with van der Waals surface area (Å²) in [7, 11) is -2.92. The van der Waals surface area contributed by atoms with Crippen LogP contribution in [0.3, 0.4) is 0 Å². The van der Waals surface area contributed by atoms with E-state index >= 15 is 0 Å². The SMILES string of the molecule is O=S1(=O)CCNC(Cc2nc(N3CCCC3)no2)C1. The molecule has 1 aromatic heterocycles. The fourth-order valence-electron chi connectivity index (χ4n) is 2.58. The van der Waals surface area contributed by atoms with Gasteiger partial charge in [-0.1, -0.05) is 0 Å². The number of sulfone groups is 1. The lowest BCUT2D eigenvalue weighted by Gasteiger charge is -2.22. The van der Waals surface area contributed by atoms with Gasteiger partial charge in [-0.2, -0.15) is 4.98 Å². The molecule has 2 saturated heterocycles. The van der Waals surface area contributed by atoms with E-state index in [0.717, 1.165) is 25.9 Å². The predicted molar refractivity (Wildman–Crippen MR) is 69.9 cm³/mol. The van der Waals surface area contributed by atoms with Crippen LogP contribution in [0, 0.1) is 0 Å². The first-order valence-electron chi connectivity index (χ1n) is 6.64.